The van der Waals surface area contributed by atoms with Crippen molar-refractivity contribution >= 4 is 52.2 Å². The van der Waals surface area contributed by atoms with Crippen LogP contribution in [0.2, 0.25) is 10.0 Å². The van der Waals surface area contributed by atoms with E-state index in [0.29, 0.717) is 15.7 Å². The maximum atomic E-state index is 13.0. The van der Waals surface area contributed by atoms with Crippen LogP contribution in [0.1, 0.15) is 0 Å². The predicted molar refractivity (Wildman–Crippen MR) is 86.6 cm³/mol. The summed E-state index contributed by atoms with van der Waals surface area (Å²) in [4.78, 5) is 12.6. The van der Waals surface area contributed by atoms with Crippen molar-refractivity contribution in [2.75, 3.05) is 16.8 Å². The van der Waals surface area contributed by atoms with E-state index in [1.165, 1.54) is 30.0 Å². The van der Waals surface area contributed by atoms with Gasteiger partial charge in [-0.1, -0.05) is 23.2 Å². The van der Waals surface area contributed by atoms with Crippen molar-refractivity contribution < 1.29 is 9.18 Å². The summed E-state index contributed by atoms with van der Waals surface area (Å²) in [6.45, 7) is 0. The highest BCUT2D eigenvalue weighted by Crippen LogP contribution is 2.29. The Labute approximate surface area is 135 Å². The van der Waals surface area contributed by atoms with Crippen molar-refractivity contribution in [1.29, 1.82) is 0 Å². The standard InChI is InChI=1S/C14H11Cl2FN2OS/c15-8-1-3-10(16)13(5-8)21-7-14(20)19-9-2-4-11(17)12(18)6-9/h1-6H,7,18H2,(H,19,20). The summed E-state index contributed by atoms with van der Waals surface area (Å²) < 4.78 is 13.0. The highest BCUT2D eigenvalue weighted by atomic mass is 35.5. The molecular weight excluding hydrogens is 334 g/mol. The van der Waals surface area contributed by atoms with Crippen molar-refractivity contribution in [1.82, 2.24) is 0 Å². The molecule has 2 aromatic rings. The molecule has 0 aliphatic heterocycles. The van der Waals surface area contributed by atoms with Gasteiger partial charge in [-0.25, -0.2) is 4.39 Å². The van der Waals surface area contributed by atoms with Gasteiger partial charge in [0.1, 0.15) is 5.82 Å². The Kier molecular flexibility index (Phi) is 5.33. The molecule has 0 radical (unpaired) electrons. The molecule has 0 unspecified atom stereocenters. The van der Waals surface area contributed by atoms with Gasteiger partial charge < -0.3 is 11.1 Å². The Morgan fingerprint density at radius 2 is 2.00 bits per heavy atom. The zero-order chi connectivity index (χ0) is 15.4. The highest BCUT2D eigenvalue weighted by Gasteiger charge is 2.08. The molecule has 0 aromatic heterocycles. The second-order valence-corrected chi connectivity index (χ2v) is 6.01. The van der Waals surface area contributed by atoms with Crippen molar-refractivity contribution in [2.24, 2.45) is 0 Å². The van der Waals surface area contributed by atoms with Crippen LogP contribution in [-0.2, 0) is 4.79 Å². The van der Waals surface area contributed by atoms with Crippen LogP contribution < -0.4 is 11.1 Å². The third-order valence-corrected chi connectivity index (χ3v) is 4.26. The first-order valence-corrected chi connectivity index (χ1v) is 7.62. The smallest absolute Gasteiger partial charge is 0.234 e. The molecule has 0 fully saturated rings. The summed E-state index contributed by atoms with van der Waals surface area (Å²) >= 11 is 13.1. The minimum absolute atomic E-state index is 0.0154. The summed E-state index contributed by atoms with van der Waals surface area (Å²) in [6, 6.07) is 9.05. The first-order valence-electron chi connectivity index (χ1n) is 5.88. The van der Waals surface area contributed by atoms with Crippen LogP contribution in [0.4, 0.5) is 15.8 Å². The maximum Gasteiger partial charge on any atom is 0.234 e. The number of hydrogen-bond donors (Lipinski definition) is 2. The fraction of sp³-hybridized carbons (Fsp3) is 0.0714. The molecule has 2 rings (SSSR count). The van der Waals surface area contributed by atoms with E-state index < -0.39 is 5.82 Å². The number of thioether (sulfide) groups is 1. The van der Waals surface area contributed by atoms with Gasteiger partial charge in [-0.05, 0) is 36.4 Å². The van der Waals surface area contributed by atoms with E-state index in [1.807, 2.05) is 0 Å². The van der Waals surface area contributed by atoms with E-state index in [2.05, 4.69) is 5.32 Å². The first-order chi connectivity index (χ1) is 9.95. The lowest BCUT2D eigenvalue weighted by Crippen LogP contribution is -2.14. The molecule has 7 heteroatoms. The maximum absolute atomic E-state index is 13.0. The lowest BCUT2D eigenvalue weighted by atomic mass is 10.2. The number of carbonyl (C=O) groups excluding carboxylic acids is 1. The number of nitrogens with one attached hydrogen (secondary N) is 1. The fourth-order valence-corrected chi connectivity index (χ4v) is 2.84. The quantitative estimate of drug-likeness (QED) is 0.636. The normalized spacial score (nSPS) is 10.4. The monoisotopic (exact) mass is 344 g/mol. The summed E-state index contributed by atoms with van der Waals surface area (Å²) in [5.74, 6) is -0.618. The van der Waals surface area contributed by atoms with Crippen LogP contribution in [0.15, 0.2) is 41.3 Å². The molecule has 2 aromatic carbocycles. The molecule has 0 saturated heterocycles. The highest BCUT2D eigenvalue weighted by molar-refractivity contribution is 8.00. The van der Waals surface area contributed by atoms with E-state index in [-0.39, 0.29) is 17.3 Å². The van der Waals surface area contributed by atoms with Gasteiger partial charge in [-0.3, -0.25) is 4.79 Å². The van der Waals surface area contributed by atoms with Gasteiger partial charge in [0.05, 0.1) is 16.5 Å². The molecule has 0 aliphatic carbocycles. The lowest BCUT2D eigenvalue weighted by molar-refractivity contribution is -0.113. The summed E-state index contributed by atoms with van der Waals surface area (Å²) in [5.41, 5.74) is 5.86. The van der Waals surface area contributed by atoms with E-state index in [4.69, 9.17) is 28.9 Å². The van der Waals surface area contributed by atoms with Gasteiger partial charge in [-0.2, -0.15) is 0 Å². The zero-order valence-electron chi connectivity index (χ0n) is 10.7. The number of anilines is 2. The van der Waals surface area contributed by atoms with Crippen molar-refractivity contribution in [3.05, 3.63) is 52.3 Å². The number of nitrogen functional groups attached to an aromatic ring is 1. The van der Waals surface area contributed by atoms with E-state index in [9.17, 15) is 9.18 Å². The Morgan fingerprint density at radius 1 is 1.24 bits per heavy atom. The number of halogens is 3. The molecule has 1 amide bonds. The van der Waals surface area contributed by atoms with Crippen molar-refractivity contribution in [3.63, 3.8) is 0 Å². The van der Waals surface area contributed by atoms with E-state index in [1.54, 1.807) is 18.2 Å². The molecule has 0 spiro atoms. The van der Waals surface area contributed by atoms with Crippen LogP contribution in [0.3, 0.4) is 0 Å². The number of carbonyl (C=O) groups is 1. The Balaban J connectivity index is 1.95. The number of amides is 1. The van der Waals surface area contributed by atoms with E-state index >= 15 is 0 Å². The minimum Gasteiger partial charge on any atom is -0.396 e. The van der Waals surface area contributed by atoms with Crippen LogP contribution in [0.5, 0.6) is 0 Å². The minimum atomic E-state index is -0.520. The Hall–Kier alpha value is -1.43. The predicted octanol–water partition coefficient (Wildman–Crippen LogP) is 4.45. The van der Waals surface area contributed by atoms with Gasteiger partial charge in [0.25, 0.3) is 0 Å². The molecule has 0 atom stereocenters. The molecule has 0 saturated carbocycles. The van der Waals surface area contributed by atoms with Crippen molar-refractivity contribution in [3.8, 4) is 0 Å². The summed E-state index contributed by atoms with van der Waals surface area (Å²) in [5, 5.41) is 3.71. The van der Waals surface area contributed by atoms with Crippen LogP contribution >= 0.6 is 35.0 Å². The van der Waals surface area contributed by atoms with Crippen LogP contribution in [0.25, 0.3) is 0 Å². The Bertz CT molecular complexity index is 682. The van der Waals surface area contributed by atoms with Gasteiger partial charge in [0, 0.05) is 15.6 Å². The average molecular weight is 345 g/mol. The second kappa shape index (κ2) is 7.02. The van der Waals surface area contributed by atoms with Gasteiger partial charge in [-0.15, -0.1) is 11.8 Å². The second-order valence-electron chi connectivity index (χ2n) is 4.15. The largest absolute Gasteiger partial charge is 0.396 e. The third-order valence-electron chi connectivity index (χ3n) is 2.53. The van der Waals surface area contributed by atoms with Gasteiger partial charge >= 0.3 is 0 Å². The SMILES string of the molecule is Nc1cc(NC(=O)CSc2cc(Cl)ccc2Cl)ccc1F. The molecule has 3 nitrogen and oxygen atoms in total. The number of nitrogens with two attached hydrogens (primary N) is 1. The van der Waals surface area contributed by atoms with E-state index in [0.717, 1.165) is 4.90 Å². The average Bonchev–Trinajstić information content (AvgIpc) is 2.44. The van der Waals surface area contributed by atoms with Gasteiger partial charge in [0.15, 0.2) is 0 Å². The third kappa shape index (κ3) is 4.52. The van der Waals surface area contributed by atoms with Crippen LogP contribution in [0, 0.1) is 5.82 Å². The zero-order valence-corrected chi connectivity index (χ0v) is 13.0. The first kappa shape index (κ1) is 15.9. The number of rotatable bonds is 4. The topological polar surface area (TPSA) is 55.1 Å². The van der Waals surface area contributed by atoms with Gasteiger partial charge in [0.2, 0.25) is 5.91 Å². The molecular formula is C14H11Cl2FN2OS. The molecule has 3 N–H and O–H groups in total. The lowest BCUT2D eigenvalue weighted by Gasteiger charge is -2.07. The Morgan fingerprint density at radius 3 is 2.71 bits per heavy atom. The molecule has 0 aliphatic rings. The summed E-state index contributed by atoms with van der Waals surface area (Å²) in [6.07, 6.45) is 0. The molecule has 0 bridgehead atoms. The molecule has 21 heavy (non-hydrogen) atoms. The molecule has 0 heterocycles. The van der Waals surface area contributed by atoms with Crippen molar-refractivity contribution in [2.45, 2.75) is 4.90 Å². The summed E-state index contributed by atoms with van der Waals surface area (Å²) in [7, 11) is 0. The van der Waals surface area contributed by atoms with Crippen LogP contribution in [-0.4, -0.2) is 11.7 Å². The fourth-order valence-electron chi connectivity index (χ4n) is 1.55. The number of benzene rings is 2. The number of hydrogen-bond acceptors (Lipinski definition) is 3. The molecule has 110 valence electrons.